The van der Waals surface area contributed by atoms with Crippen LogP contribution in [0.1, 0.15) is 33.6 Å². The van der Waals surface area contributed by atoms with Gasteiger partial charge in [0.15, 0.2) is 0 Å². The van der Waals surface area contributed by atoms with Gasteiger partial charge < -0.3 is 15.0 Å². The molecule has 1 aromatic rings. The summed E-state index contributed by atoms with van der Waals surface area (Å²) in [4.78, 5) is 18.0. The first-order valence-corrected chi connectivity index (χ1v) is 7.78. The van der Waals surface area contributed by atoms with E-state index in [2.05, 4.69) is 27.5 Å². The third-order valence-electron chi connectivity index (χ3n) is 3.46. The van der Waals surface area contributed by atoms with Crippen molar-refractivity contribution in [1.82, 2.24) is 9.88 Å². The van der Waals surface area contributed by atoms with Gasteiger partial charge in [0.05, 0.1) is 23.8 Å². The number of ether oxygens (including phenoxy) is 1. The summed E-state index contributed by atoms with van der Waals surface area (Å²) < 4.78 is 5.41. The number of nitrogens with zero attached hydrogens (tertiary/aromatic N) is 3. The van der Waals surface area contributed by atoms with Gasteiger partial charge in [-0.25, -0.2) is 4.79 Å². The van der Waals surface area contributed by atoms with E-state index in [1.54, 1.807) is 17.3 Å². The molecule has 1 saturated heterocycles. The molecule has 0 radical (unpaired) electrons. The van der Waals surface area contributed by atoms with Crippen LogP contribution >= 0.6 is 0 Å². The molecular weight excluding hydrogens is 294 g/mol. The quantitative estimate of drug-likeness (QED) is 0.659. The Kier molecular flexibility index (Phi) is 5.41. The number of hydrogen-bond donors (Lipinski definition) is 2. The van der Waals surface area contributed by atoms with Gasteiger partial charge >= 0.3 is 6.09 Å². The van der Waals surface area contributed by atoms with Gasteiger partial charge in [0, 0.05) is 25.8 Å². The summed E-state index contributed by atoms with van der Waals surface area (Å²) >= 11 is 0. The topological polar surface area (TPSA) is 78.9 Å². The molecule has 2 N–H and O–H groups in total. The van der Waals surface area contributed by atoms with Crippen molar-refractivity contribution in [2.45, 2.75) is 45.3 Å². The summed E-state index contributed by atoms with van der Waals surface area (Å²) in [6.07, 6.45) is 4.97. The van der Waals surface area contributed by atoms with Gasteiger partial charge in [-0.2, -0.15) is 5.10 Å². The number of pyridine rings is 1. The van der Waals surface area contributed by atoms with E-state index in [4.69, 9.17) is 4.74 Å². The zero-order valence-corrected chi connectivity index (χ0v) is 14.0. The third-order valence-corrected chi connectivity index (χ3v) is 3.46. The van der Waals surface area contributed by atoms with Gasteiger partial charge in [-0.05, 0) is 39.7 Å². The average Bonchev–Trinajstić information content (AvgIpc) is 2.47. The molecule has 0 atom stereocenters. The summed E-state index contributed by atoms with van der Waals surface area (Å²) in [5.74, 6) is 0. The fourth-order valence-electron chi connectivity index (χ4n) is 2.44. The van der Waals surface area contributed by atoms with Crippen molar-refractivity contribution >= 4 is 24.2 Å². The SMILES string of the molecule is C=NNc1cncc(NC2CCN(C(=O)OC(C)(C)C)CC2)c1. The number of anilines is 2. The second-order valence-corrected chi connectivity index (χ2v) is 6.62. The highest BCUT2D eigenvalue weighted by Gasteiger charge is 2.26. The highest BCUT2D eigenvalue weighted by Crippen LogP contribution is 2.20. The molecule has 1 aliphatic rings. The van der Waals surface area contributed by atoms with Crippen LogP contribution in [0.25, 0.3) is 0 Å². The van der Waals surface area contributed by atoms with Crippen LogP contribution < -0.4 is 10.7 Å². The van der Waals surface area contributed by atoms with Crippen molar-refractivity contribution in [3.63, 3.8) is 0 Å². The van der Waals surface area contributed by atoms with E-state index in [-0.39, 0.29) is 6.09 Å². The number of nitrogens with one attached hydrogen (secondary N) is 2. The van der Waals surface area contributed by atoms with E-state index >= 15 is 0 Å². The number of aromatic nitrogens is 1. The molecule has 0 aliphatic carbocycles. The zero-order valence-electron chi connectivity index (χ0n) is 14.0. The van der Waals surface area contributed by atoms with Crippen LogP contribution in [0, 0.1) is 0 Å². The summed E-state index contributed by atoms with van der Waals surface area (Å²) in [6, 6.07) is 2.24. The first kappa shape index (κ1) is 17.1. The lowest BCUT2D eigenvalue weighted by Gasteiger charge is -2.34. The van der Waals surface area contributed by atoms with Gasteiger partial charge in [-0.15, -0.1) is 0 Å². The molecule has 126 valence electrons. The number of carbonyl (C=O) groups is 1. The minimum absolute atomic E-state index is 0.235. The molecule has 7 nitrogen and oxygen atoms in total. The lowest BCUT2D eigenvalue weighted by atomic mass is 10.1. The molecule has 0 aromatic carbocycles. The first-order valence-electron chi connectivity index (χ1n) is 7.78. The third kappa shape index (κ3) is 5.43. The molecule has 2 rings (SSSR count). The van der Waals surface area contributed by atoms with Crippen molar-refractivity contribution in [1.29, 1.82) is 0 Å². The maximum Gasteiger partial charge on any atom is 0.410 e. The molecule has 0 unspecified atom stereocenters. The van der Waals surface area contributed by atoms with E-state index in [0.717, 1.165) is 24.2 Å². The predicted octanol–water partition coefficient (Wildman–Crippen LogP) is 2.92. The lowest BCUT2D eigenvalue weighted by Crippen LogP contribution is -2.44. The Bertz CT molecular complexity index is 548. The fourth-order valence-corrected chi connectivity index (χ4v) is 2.44. The number of likely N-dealkylation sites (tertiary alicyclic amines) is 1. The standard InChI is InChI=1S/C16H25N5O2/c1-16(2,3)23-15(22)21-7-5-12(6-8-21)19-13-9-14(20-17-4)11-18-10-13/h9-12,19-20H,4-8H2,1-3H3. The van der Waals surface area contributed by atoms with Gasteiger partial charge in [0.2, 0.25) is 0 Å². The summed E-state index contributed by atoms with van der Waals surface area (Å²) in [5, 5.41) is 7.07. The summed E-state index contributed by atoms with van der Waals surface area (Å²) in [7, 11) is 0. The van der Waals surface area contributed by atoms with E-state index < -0.39 is 5.60 Å². The molecule has 2 heterocycles. The Hall–Kier alpha value is -2.31. The van der Waals surface area contributed by atoms with Gasteiger partial charge in [-0.1, -0.05) is 0 Å². The monoisotopic (exact) mass is 319 g/mol. The van der Waals surface area contributed by atoms with Crippen LogP contribution in [-0.4, -0.2) is 47.4 Å². The van der Waals surface area contributed by atoms with E-state index in [0.29, 0.717) is 19.1 Å². The Morgan fingerprint density at radius 1 is 1.35 bits per heavy atom. The van der Waals surface area contributed by atoms with Gasteiger partial charge in [0.1, 0.15) is 5.60 Å². The second-order valence-electron chi connectivity index (χ2n) is 6.62. The van der Waals surface area contributed by atoms with Crippen molar-refractivity contribution in [3.8, 4) is 0 Å². The van der Waals surface area contributed by atoms with E-state index in [1.165, 1.54) is 0 Å². The Balaban J connectivity index is 1.84. The van der Waals surface area contributed by atoms with Gasteiger partial charge in [0.25, 0.3) is 0 Å². The number of hydrazone groups is 1. The lowest BCUT2D eigenvalue weighted by molar-refractivity contribution is 0.0210. The highest BCUT2D eigenvalue weighted by atomic mass is 16.6. The molecule has 7 heteroatoms. The van der Waals surface area contributed by atoms with Crippen LogP contribution in [0.2, 0.25) is 0 Å². The number of carbonyl (C=O) groups excluding carboxylic acids is 1. The minimum Gasteiger partial charge on any atom is -0.444 e. The fraction of sp³-hybridized carbons (Fsp3) is 0.562. The largest absolute Gasteiger partial charge is 0.444 e. The number of hydrogen-bond acceptors (Lipinski definition) is 6. The molecule has 0 bridgehead atoms. The van der Waals surface area contributed by atoms with Crippen molar-refractivity contribution < 1.29 is 9.53 Å². The molecule has 1 aromatic heterocycles. The number of piperidine rings is 1. The molecule has 1 aliphatic heterocycles. The van der Waals surface area contributed by atoms with Gasteiger partial charge in [-0.3, -0.25) is 10.4 Å². The molecule has 1 amide bonds. The van der Waals surface area contributed by atoms with E-state index in [1.807, 2.05) is 26.8 Å². The van der Waals surface area contributed by atoms with E-state index in [9.17, 15) is 4.79 Å². The Labute approximate surface area is 137 Å². The predicted molar refractivity (Wildman–Crippen MR) is 91.9 cm³/mol. The number of amides is 1. The Morgan fingerprint density at radius 3 is 2.61 bits per heavy atom. The summed E-state index contributed by atoms with van der Waals surface area (Å²) in [5.41, 5.74) is 4.03. The normalized spacial score (nSPS) is 15.9. The summed E-state index contributed by atoms with van der Waals surface area (Å²) in [6.45, 7) is 10.4. The molecule has 1 fully saturated rings. The van der Waals surface area contributed by atoms with Crippen LogP contribution in [0.4, 0.5) is 16.2 Å². The maximum atomic E-state index is 12.0. The maximum absolute atomic E-state index is 12.0. The van der Waals surface area contributed by atoms with Crippen LogP contribution in [0.5, 0.6) is 0 Å². The molecule has 23 heavy (non-hydrogen) atoms. The van der Waals surface area contributed by atoms with Crippen molar-refractivity contribution in [3.05, 3.63) is 18.5 Å². The average molecular weight is 319 g/mol. The van der Waals surface area contributed by atoms with Crippen LogP contribution in [0.15, 0.2) is 23.6 Å². The molecule has 0 saturated carbocycles. The first-order chi connectivity index (χ1) is 10.9. The number of rotatable bonds is 4. The second kappa shape index (κ2) is 7.30. The zero-order chi connectivity index (χ0) is 16.9. The Morgan fingerprint density at radius 2 is 2.00 bits per heavy atom. The minimum atomic E-state index is -0.454. The molecular formula is C16H25N5O2. The van der Waals surface area contributed by atoms with Crippen LogP contribution in [-0.2, 0) is 4.74 Å². The van der Waals surface area contributed by atoms with Crippen molar-refractivity contribution in [2.24, 2.45) is 5.10 Å². The smallest absolute Gasteiger partial charge is 0.410 e. The molecule has 0 spiro atoms. The highest BCUT2D eigenvalue weighted by molar-refractivity contribution is 5.68. The van der Waals surface area contributed by atoms with Crippen molar-refractivity contribution in [2.75, 3.05) is 23.8 Å². The van der Waals surface area contributed by atoms with Crippen LogP contribution in [0.3, 0.4) is 0 Å².